The summed E-state index contributed by atoms with van der Waals surface area (Å²) in [6.45, 7) is 12.3. The van der Waals surface area contributed by atoms with Crippen LogP contribution < -0.4 is 0 Å². The molecule has 0 saturated heterocycles. The molecule has 0 amide bonds. The molecular weight excluding hydrogens is 240 g/mol. The first-order valence-electron chi connectivity index (χ1n) is 6.45. The van der Waals surface area contributed by atoms with Gasteiger partial charge < -0.3 is 0 Å². The van der Waals surface area contributed by atoms with Gasteiger partial charge in [0.25, 0.3) is 0 Å². The van der Waals surface area contributed by atoms with Gasteiger partial charge in [-0.3, -0.25) is 4.21 Å². The highest BCUT2D eigenvalue weighted by molar-refractivity contribution is 7.87. The minimum atomic E-state index is -0.820. The van der Waals surface area contributed by atoms with Crippen LogP contribution in [0.15, 0.2) is 42.5 Å². The maximum absolute atomic E-state index is 12.6. The van der Waals surface area contributed by atoms with Gasteiger partial charge in [-0.05, 0) is 33.3 Å². The monoisotopic (exact) mass is 262 g/mol. The summed E-state index contributed by atoms with van der Waals surface area (Å²) in [7, 11) is -0.820. The number of rotatable bonds is 3. The second-order valence-electron chi connectivity index (χ2n) is 6.18. The van der Waals surface area contributed by atoms with Crippen molar-refractivity contribution in [3.05, 3.63) is 48.0 Å². The minimum absolute atomic E-state index is 0.151. The molecule has 0 aromatic heterocycles. The van der Waals surface area contributed by atoms with Crippen LogP contribution in [0.4, 0.5) is 0 Å². The Hall–Kier alpha value is -0.890. The fraction of sp³-hybridized carbons (Fsp3) is 0.500. The molecule has 1 aliphatic rings. The zero-order valence-electron chi connectivity index (χ0n) is 11.6. The van der Waals surface area contributed by atoms with E-state index in [1.54, 1.807) is 0 Å². The SMILES string of the molecule is C=C(C)[C@@H]1C(S(=O)C(C)(C)C)[C@H]1c1ccccc1. The highest BCUT2D eigenvalue weighted by Crippen LogP contribution is 2.56. The van der Waals surface area contributed by atoms with E-state index in [1.165, 1.54) is 5.56 Å². The van der Waals surface area contributed by atoms with Crippen molar-refractivity contribution in [1.82, 2.24) is 0 Å². The van der Waals surface area contributed by atoms with Crippen molar-refractivity contribution in [1.29, 1.82) is 0 Å². The number of hydrogen-bond acceptors (Lipinski definition) is 1. The summed E-state index contributed by atoms with van der Waals surface area (Å²) in [5.74, 6) is 0.774. The highest BCUT2D eigenvalue weighted by atomic mass is 32.2. The summed E-state index contributed by atoms with van der Waals surface area (Å²) in [6, 6.07) is 10.4. The molecule has 2 rings (SSSR count). The number of allylic oxidation sites excluding steroid dienone is 1. The van der Waals surface area contributed by atoms with Crippen LogP contribution in [0.1, 0.15) is 39.2 Å². The quantitative estimate of drug-likeness (QED) is 0.755. The molecule has 0 N–H and O–H groups in total. The first-order valence-corrected chi connectivity index (χ1v) is 7.66. The summed E-state index contributed by atoms with van der Waals surface area (Å²) in [4.78, 5) is 0. The molecule has 18 heavy (non-hydrogen) atoms. The minimum Gasteiger partial charge on any atom is -0.259 e. The molecule has 1 fully saturated rings. The lowest BCUT2D eigenvalue weighted by Gasteiger charge is -2.18. The fourth-order valence-corrected chi connectivity index (χ4v) is 4.60. The molecule has 98 valence electrons. The smallest absolute Gasteiger partial charge is 0.0499 e. The van der Waals surface area contributed by atoms with Crippen molar-refractivity contribution in [2.24, 2.45) is 5.92 Å². The summed E-state index contributed by atoms with van der Waals surface area (Å²) >= 11 is 0. The number of benzene rings is 1. The van der Waals surface area contributed by atoms with E-state index in [9.17, 15) is 4.21 Å². The molecule has 0 aliphatic heterocycles. The molecule has 1 aromatic rings. The predicted octanol–water partition coefficient (Wildman–Crippen LogP) is 3.89. The van der Waals surface area contributed by atoms with E-state index in [-0.39, 0.29) is 10.00 Å². The fourth-order valence-electron chi connectivity index (χ4n) is 2.62. The summed E-state index contributed by atoms with van der Waals surface area (Å²) < 4.78 is 12.4. The lowest BCUT2D eigenvalue weighted by molar-refractivity contribution is 0.646. The van der Waals surface area contributed by atoms with Crippen LogP contribution in [0.2, 0.25) is 0 Å². The van der Waals surface area contributed by atoms with Crippen molar-refractivity contribution >= 4 is 10.8 Å². The van der Waals surface area contributed by atoms with E-state index in [0.717, 1.165) is 5.57 Å². The largest absolute Gasteiger partial charge is 0.259 e. The third-order valence-electron chi connectivity index (χ3n) is 3.56. The third kappa shape index (κ3) is 2.44. The predicted molar refractivity (Wildman–Crippen MR) is 79.2 cm³/mol. The lowest BCUT2D eigenvalue weighted by Crippen LogP contribution is -2.26. The zero-order valence-corrected chi connectivity index (χ0v) is 12.5. The molecule has 2 unspecified atom stereocenters. The van der Waals surface area contributed by atoms with E-state index in [1.807, 2.05) is 6.07 Å². The van der Waals surface area contributed by atoms with Gasteiger partial charge in [0.15, 0.2) is 0 Å². The zero-order chi connectivity index (χ0) is 13.5. The van der Waals surface area contributed by atoms with Crippen LogP contribution in [-0.4, -0.2) is 14.2 Å². The van der Waals surface area contributed by atoms with Gasteiger partial charge in [0, 0.05) is 32.6 Å². The summed E-state index contributed by atoms with van der Waals surface area (Å²) in [5.41, 5.74) is 2.46. The van der Waals surface area contributed by atoms with Gasteiger partial charge in [-0.15, -0.1) is 0 Å². The Kier molecular flexibility index (Phi) is 3.50. The van der Waals surface area contributed by atoms with Crippen LogP contribution in [0.5, 0.6) is 0 Å². The molecule has 2 heteroatoms. The van der Waals surface area contributed by atoms with Gasteiger partial charge in [0.1, 0.15) is 0 Å². The van der Waals surface area contributed by atoms with Gasteiger partial charge >= 0.3 is 0 Å². The third-order valence-corrected chi connectivity index (χ3v) is 5.85. The molecule has 1 aromatic carbocycles. The Labute approximate surface area is 113 Å². The first-order chi connectivity index (χ1) is 8.34. The van der Waals surface area contributed by atoms with Crippen molar-refractivity contribution in [2.45, 2.75) is 43.6 Å². The average molecular weight is 262 g/mol. The van der Waals surface area contributed by atoms with Crippen LogP contribution >= 0.6 is 0 Å². The first kappa shape index (κ1) is 13.5. The van der Waals surface area contributed by atoms with Gasteiger partial charge in [-0.25, -0.2) is 0 Å². The molecule has 0 heterocycles. The Morgan fingerprint density at radius 3 is 2.22 bits per heavy atom. The Morgan fingerprint density at radius 2 is 1.78 bits per heavy atom. The Morgan fingerprint density at radius 1 is 1.22 bits per heavy atom. The molecule has 1 saturated carbocycles. The molecule has 1 nitrogen and oxygen atoms in total. The normalized spacial score (nSPS) is 28.8. The van der Waals surface area contributed by atoms with Gasteiger partial charge in [-0.1, -0.05) is 42.5 Å². The molecule has 4 atom stereocenters. The van der Waals surface area contributed by atoms with Gasteiger partial charge in [-0.2, -0.15) is 0 Å². The molecule has 0 spiro atoms. The second-order valence-corrected chi connectivity index (χ2v) is 8.55. The van der Waals surface area contributed by atoms with Gasteiger partial charge in [0.05, 0.1) is 0 Å². The van der Waals surface area contributed by atoms with Gasteiger partial charge in [0.2, 0.25) is 0 Å². The second kappa shape index (κ2) is 4.65. The highest BCUT2D eigenvalue weighted by Gasteiger charge is 2.56. The van der Waals surface area contributed by atoms with E-state index >= 15 is 0 Å². The van der Waals surface area contributed by atoms with Crippen molar-refractivity contribution in [3.63, 3.8) is 0 Å². The van der Waals surface area contributed by atoms with Crippen LogP contribution in [0.3, 0.4) is 0 Å². The lowest BCUT2D eigenvalue weighted by atomic mass is 10.1. The standard InChI is InChI=1S/C16H22OS/c1-11(2)13-14(12-9-7-6-8-10-12)15(13)18(17)16(3,4)5/h6-10,13-15H,1H2,2-5H3/t13-,14-,15?,18?/m0/s1. The molecular formula is C16H22OS. The Bertz CT molecular complexity index is 470. The molecule has 0 radical (unpaired) electrons. The summed E-state index contributed by atoms with van der Waals surface area (Å²) in [5, 5.41) is 0.241. The van der Waals surface area contributed by atoms with Crippen LogP contribution in [0.25, 0.3) is 0 Å². The molecule has 1 aliphatic carbocycles. The van der Waals surface area contributed by atoms with E-state index < -0.39 is 10.8 Å². The topological polar surface area (TPSA) is 17.1 Å². The maximum Gasteiger partial charge on any atom is 0.0499 e. The van der Waals surface area contributed by atoms with E-state index in [2.05, 4.69) is 58.5 Å². The van der Waals surface area contributed by atoms with E-state index in [0.29, 0.717) is 11.8 Å². The van der Waals surface area contributed by atoms with E-state index in [4.69, 9.17) is 0 Å². The van der Waals surface area contributed by atoms with Crippen molar-refractivity contribution in [3.8, 4) is 0 Å². The molecule has 0 bridgehead atoms. The maximum atomic E-state index is 12.6. The van der Waals surface area contributed by atoms with Crippen LogP contribution in [-0.2, 0) is 10.8 Å². The number of hydrogen-bond donors (Lipinski definition) is 0. The summed E-state index contributed by atoms with van der Waals surface area (Å²) in [6.07, 6.45) is 0. The van der Waals surface area contributed by atoms with Crippen molar-refractivity contribution in [2.75, 3.05) is 0 Å². The Balaban J connectivity index is 2.27. The van der Waals surface area contributed by atoms with Crippen molar-refractivity contribution < 1.29 is 4.21 Å². The van der Waals surface area contributed by atoms with Crippen LogP contribution in [0, 0.1) is 5.92 Å². The average Bonchev–Trinajstić information content (AvgIpc) is 3.03.